The van der Waals surface area contributed by atoms with Gasteiger partial charge in [0, 0.05) is 56.9 Å². The van der Waals surface area contributed by atoms with Gasteiger partial charge in [0.05, 0.1) is 9.82 Å². The van der Waals surface area contributed by atoms with E-state index in [1.54, 1.807) is 48.8 Å². The van der Waals surface area contributed by atoms with Crippen LogP contribution in [0.1, 0.15) is 11.1 Å². The van der Waals surface area contributed by atoms with Crippen molar-refractivity contribution < 1.29 is 13.3 Å². The van der Waals surface area contributed by atoms with E-state index in [1.807, 2.05) is 24.0 Å². The van der Waals surface area contributed by atoms with Crippen LogP contribution < -0.4 is 10.2 Å². The molecular weight excluding hydrogens is 442 g/mol. The van der Waals surface area contributed by atoms with Gasteiger partial charge in [0.25, 0.3) is 5.69 Å². The van der Waals surface area contributed by atoms with E-state index in [4.69, 9.17) is 0 Å². The molecule has 0 spiro atoms. The van der Waals surface area contributed by atoms with Crippen LogP contribution in [-0.2, 0) is 16.6 Å². The lowest BCUT2D eigenvalue weighted by Gasteiger charge is -2.35. The summed E-state index contributed by atoms with van der Waals surface area (Å²) in [6.45, 7) is 3.98. The molecule has 1 aromatic heterocycles. The van der Waals surface area contributed by atoms with Gasteiger partial charge in [0.2, 0.25) is 10.0 Å². The van der Waals surface area contributed by atoms with Crippen LogP contribution in [0.3, 0.4) is 0 Å². The SMILES string of the molecule is Cc1ccc(S(=O)(=O)N2CCN(c3ccc([N+](=O)[O-])c(NCc4cccnc4)c3)CC2)cc1. The van der Waals surface area contributed by atoms with Crippen molar-refractivity contribution in [3.05, 3.63) is 88.2 Å². The van der Waals surface area contributed by atoms with Crippen molar-refractivity contribution in [2.45, 2.75) is 18.4 Å². The minimum Gasteiger partial charge on any atom is -0.375 e. The summed E-state index contributed by atoms with van der Waals surface area (Å²) >= 11 is 0. The van der Waals surface area contributed by atoms with Crippen LogP contribution in [0.4, 0.5) is 17.1 Å². The third kappa shape index (κ3) is 5.12. The number of pyridine rings is 1. The van der Waals surface area contributed by atoms with Crippen molar-refractivity contribution >= 4 is 27.1 Å². The summed E-state index contributed by atoms with van der Waals surface area (Å²) in [5, 5.41) is 14.6. The number of piperazine rings is 1. The summed E-state index contributed by atoms with van der Waals surface area (Å²) < 4.78 is 27.4. The van der Waals surface area contributed by atoms with E-state index < -0.39 is 14.9 Å². The number of nitrogens with one attached hydrogen (secondary N) is 1. The largest absolute Gasteiger partial charge is 0.375 e. The lowest BCUT2D eigenvalue weighted by atomic mass is 10.2. The van der Waals surface area contributed by atoms with Gasteiger partial charge in [0.15, 0.2) is 0 Å². The molecule has 0 saturated carbocycles. The van der Waals surface area contributed by atoms with Crippen molar-refractivity contribution in [3.63, 3.8) is 0 Å². The van der Waals surface area contributed by atoms with E-state index in [1.165, 1.54) is 10.4 Å². The lowest BCUT2D eigenvalue weighted by molar-refractivity contribution is -0.384. The average Bonchev–Trinajstić information content (AvgIpc) is 2.83. The zero-order chi connectivity index (χ0) is 23.4. The summed E-state index contributed by atoms with van der Waals surface area (Å²) in [6.07, 6.45) is 3.38. The third-order valence-electron chi connectivity index (χ3n) is 5.65. The summed E-state index contributed by atoms with van der Waals surface area (Å²) in [5.74, 6) is 0. The molecule has 0 atom stereocenters. The molecule has 0 unspecified atom stereocenters. The molecule has 2 heterocycles. The van der Waals surface area contributed by atoms with Crippen molar-refractivity contribution in [1.82, 2.24) is 9.29 Å². The Morgan fingerprint density at radius 1 is 1.06 bits per heavy atom. The van der Waals surface area contributed by atoms with Gasteiger partial charge in [-0.3, -0.25) is 15.1 Å². The monoisotopic (exact) mass is 467 g/mol. The average molecular weight is 468 g/mol. The van der Waals surface area contributed by atoms with Crippen LogP contribution in [0.5, 0.6) is 0 Å². The maximum atomic E-state index is 13.0. The first-order chi connectivity index (χ1) is 15.8. The first-order valence-corrected chi connectivity index (χ1v) is 12.0. The molecule has 0 radical (unpaired) electrons. The Kier molecular flexibility index (Phi) is 6.57. The molecule has 10 heteroatoms. The first kappa shape index (κ1) is 22.7. The van der Waals surface area contributed by atoms with Crippen LogP contribution in [0.15, 0.2) is 71.9 Å². The fourth-order valence-electron chi connectivity index (χ4n) is 3.77. The zero-order valence-corrected chi connectivity index (χ0v) is 19.0. The molecular formula is C23H25N5O4S. The third-order valence-corrected chi connectivity index (χ3v) is 7.56. The number of aromatic nitrogens is 1. The van der Waals surface area contributed by atoms with E-state index in [-0.39, 0.29) is 5.69 Å². The quantitative estimate of drug-likeness (QED) is 0.419. The Hall–Kier alpha value is -3.50. The van der Waals surface area contributed by atoms with E-state index in [0.29, 0.717) is 43.3 Å². The van der Waals surface area contributed by atoms with Crippen LogP contribution in [0, 0.1) is 17.0 Å². The number of anilines is 2. The highest BCUT2D eigenvalue weighted by molar-refractivity contribution is 7.89. The number of aryl methyl sites for hydroxylation is 1. The number of nitro groups is 1. The summed E-state index contributed by atoms with van der Waals surface area (Å²) in [7, 11) is -3.55. The van der Waals surface area contributed by atoms with E-state index in [0.717, 1.165) is 16.8 Å². The molecule has 1 aliphatic rings. The Bertz CT molecular complexity index is 1230. The van der Waals surface area contributed by atoms with E-state index >= 15 is 0 Å². The maximum Gasteiger partial charge on any atom is 0.292 e. The second-order valence-electron chi connectivity index (χ2n) is 7.88. The van der Waals surface area contributed by atoms with Crippen LogP contribution >= 0.6 is 0 Å². The Labute approximate surface area is 192 Å². The molecule has 0 amide bonds. The van der Waals surface area contributed by atoms with Gasteiger partial charge in [-0.15, -0.1) is 0 Å². The maximum absolute atomic E-state index is 13.0. The minimum atomic E-state index is -3.55. The van der Waals surface area contributed by atoms with Gasteiger partial charge in [-0.1, -0.05) is 23.8 Å². The van der Waals surface area contributed by atoms with Gasteiger partial charge in [0.1, 0.15) is 5.69 Å². The molecule has 172 valence electrons. The Morgan fingerprint density at radius 2 is 1.79 bits per heavy atom. The van der Waals surface area contributed by atoms with Gasteiger partial charge >= 0.3 is 0 Å². The molecule has 0 bridgehead atoms. The highest BCUT2D eigenvalue weighted by Gasteiger charge is 2.29. The number of sulfonamides is 1. The van der Waals surface area contributed by atoms with Crippen molar-refractivity contribution in [1.29, 1.82) is 0 Å². The molecule has 0 aliphatic carbocycles. The molecule has 4 rings (SSSR count). The van der Waals surface area contributed by atoms with Gasteiger partial charge < -0.3 is 10.2 Å². The highest BCUT2D eigenvalue weighted by atomic mass is 32.2. The summed E-state index contributed by atoms with van der Waals surface area (Å²) in [5.41, 5.74) is 3.12. The van der Waals surface area contributed by atoms with Gasteiger partial charge in [-0.05, 0) is 42.8 Å². The first-order valence-electron chi connectivity index (χ1n) is 10.6. The van der Waals surface area contributed by atoms with Crippen molar-refractivity contribution in [2.75, 3.05) is 36.4 Å². The molecule has 1 aliphatic heterocycles. The smallest absolute Gasteiger partial charge is 0.292 e. The molecule has 3 aromatic rings. The second kappa shape index (κ2) is 9.55. The molecule has 9 nitrogen and oxygen atoms in total. The molecule has 1 saturated heterocycles. The number of benzene rings is 2. The van der Waals surface area contributed by atoms with Crippen LogP contribution in [0.2, 0.25) is 0 Å². The number of hydrogen-bond donors (Lipinski definition) is 1. The molecule has 1 N–H and O–H groups in total. The second-order valence-corrected chi connectivity index (χ2v) is 9.82. The van der Waals surface area contributed by atoms with E-state index in [9.17, 15) is 18.5 Å². The van der Waals surface area contributed by atoms with Crippen LogP contribution in [0.25, 0.3) is 0 Å². The Morgan fingerprint density at radius 3 is 2.42 bits per heavy atom. The van der Waals surface area contributed by atoms with Gasteiger partial charge in [-0.25, -0.2) is 8.42 Å². The van der Waals surface area contributed by atoms with Crippen molar-refractivity contribution in [2.24, 2.45) is 0 Å². The fraction of sp³-hybridized carbons (Fsp3) is 0.261. The van der Waals surface area contributed by atoms with Gasteiger partial charge in [-0.2, -0.15) is 4.31 Å². The topological polar surface area (TPSA) is 109 Å². The Balaban J connectivity index is 1.47. The lowest BCUT2D eigenvalue weighted by Crippen LogP contribution is -2.48. The number of nitrogens with zero attached hydrogens (tertiary/aromatic N) is 4. The highest BCUT2D eigenvalue weighted by Crippen LogP contribution is 2.31. The van der Waals surface area contributed by atoms with Crippen molar-refractivity contribution in [3.8, 4) is 0 Å². The fourth-order valence-corrected chi connectivity index (χ4v) is 5.19. The zero-order valence-electron chi connectivity index (χ0n) is 18.2. The summed E-state index contributed by atoms with van der Waals surface area (Å²) in [6, 6.07) is 15.5. The predicted octanol–water partition coefficient (Wildman–Crippen LogP) is 3.42. The van der Waals surface area contributed by atoms with Crippen LogP contribution in [-0.4, -0.2) is 48.8 Å². The molecule has 1 fully saturated rings. The standard InChI is InChI=1S/C23H25N5O4S/c1-18-4-7-21(8-5-18)33(31,32)27-13-11-26(12-14-27)20-6-9-23(28(29)30)22(15-20)25-17-19-3-2-10-24-16-19/h2-10,15-16,25H,11-14,17H2,1H3. The minimum absolute atomic E-state index is 0.0109. The number of rotatable bonds is 7. The summed E-state index contributed by atoms with van der Waals surface area (Å²) in [4.78, 5) is 17.5. The number of hydrogen-bond acceptors (Lipinski definition) is 7. The molecule has 33 heavy (non-hydrogen) atoms. The normalized spacial score (nSPS) is 14.8. The van der Waals surface area contributed by atoms with E-state index in [2.05, 4.69) is 10.3 Å². The molecule has 2 aromatic carbocycles. The predicted molar refractivity (Wildman–Crippen MR) is 127 cm³/mol. The number of nitro benzene ring substituents is 1.